The molecular weight excluding hydrogens is 360 g/mol. The minimum atomic E-state index is -2.71. The number of benzene rings is 2. The largest absolute Gasteiger partial charge is 0.496 e. The summed E-state index contributed by atoms with van der Waals surface area (Å²) in [6.45, 7) is 3.86. The van der Waals surface area contributed by atoms with Crippen LogP contribution in [-0.2, 0) is 0 Å². The third kappa shape index (κ3) is 2.45. The highest BCUT2D eigenvalue weighted by atomic mass is 16.7. The van der Waals surface area contributed by atoms with E-state index in [1.54, 1.807) is 12.1 Å². The third-order valence-corrected chi connectivity index (χ3v) is 4.84. The molecule has 2 aliphatic rings. The molecule has 3 heterocycles. The summed E-state index contributed by atoms with van der Waals surface area (Å²) < 4.78 is 50.0. The Hall–Kier alpha value is -3.41. The van der Waals surface area contributed by atoms with Gasteiger partial charge in [0.25, 0.3) is 0 Å². The molecule has 6 nitrogen and oxygen atoms in total. The summed E-state index contributed by atoms with van der Waals surface area (Å²) in [6, 6.07) is 6.28. The lowest BCUT2D eigenvalue weighted by Crippen LogP contribution is -2.27. The van der Waals surface area contributed by atoms with E-state index in [1.165, 1.54) is 18.4 Å². The minimum Gasteiger partial charge on any atom is -0.496 e. The first-order valence-corrected chi connectivity index (χ1v) is 8.71. The number of hydrogen-bond donors (Lipinski definition) is 0. The van der Waals surface area contributed by atoms with E-state index in [-0.39, 0.29) is 29.1 Å². The standard InChI is InChI=1S/C22H18O6/c1-22(2)7-6-12-16(28-22)5-4-13-20(23)15(10-25-21(12)13)14-8-18-19(27-11-26-18)9-17(14)24-3/h4-10H,11H2,1-3H3/i3D3. The van der Waals surface area contributed by atoms with Crippen LogP contribution in [0, 0.1) is 0 Å². The van der Waals surface area contributed by atoms with Gasteiger partial charge < -0.3 is 23.4 Å². The maximum atomic E-state index is 13.4. The van der Waals surface area contributed by atoms with Crippen molar-refractivity contribution in [3.05, 3.63) is 52.4 Å². The number of rotatable bonds is 2. The van der Waals surface area contributed by atoms with Crippen molar-refractivity contribution >= 4 is 17.0 Å². The number of methoxy groups -OCH3 is 1. The van der Waals surface area contributed by atoms with E-state index in [0.717, 1.165) is 0 Å². The van der Waals surface area contributed by atoms with Crippen LogP contribution >= 0.6 is 0 Å². The van der Waals surface area contributed by atoms with Crippen LogP contribution in [0.5, 0.6) is 23.0 Å². The average molecular weight is 381 g/mol. The molecule has 0 radical (unpaired) electrons. The fourth-order valence-corrected chi connectivity index (χ4v) is 3.46. The van der Waals surface area contributed by atoms with Crippen molar-refractivity contribution in [2.24, 2.45) is 0 Å². The Morgan fingerprint density at radius 2 is 1.93 bits per heavy atom. The van der Waals surface area contributed by atoms with E-state index in [9.17, 15) is 4.79 Å². The van der Waals surface area contributed by atoms with E-state index >= 15 is 0 Å². The lowest BCUT2D eigenvalue weighted by molar-refractivity contribution is 0.159. The second-order valence-corrected chi connectivity index (χ2v) is 7.18. The van der Waals surface area contributed by atoms with Crippen molar-refractivity contribution in [2.75, 3.05) is 13.8 Å². The summed E-state index contributed by atoms with van der Waals surface area (Å²) >= 11 is 0. The molecule has 5 rings (SSSR count). The Labute approximate surface area is 165 Å². The fraction of sp³-hybridized carbons (Fsp3) is 0.227. The Morgan fingerprint density at radius 1 is 1.11 bits per heavy atom. The lowest BCUT2D eigenvalue weighted by Gasteiger charge is -2.27. The molecule has 6 heteroatoms. The van der Waals surface area contributed by atoms with Gasteiger partial charge >= 0.3 is 0 Å². The Bertz CT molecular complexity index is 1300. The highest BCUT2D eigenvalue weighted by molar-refractivity contribution is 5.91. The van der Waals surface area contributed by atoms with Gasteiger partial charge in [0.1, 0.15) is 28.9 Å². The van der Waals surface area contributed by atoms with Gasteiger partial charge in [0.05, 0.1) is 27.7 Å². The van der Waals surface area contributed by atoms with Gasteiger partial charge in [0, 0.05) is 11.6 Å². The van der Waals surface area contributed by atoms with E-state index in [1.807, 2.05) is 26.0 Å². The molecule has 0 saturated carbocycles. The van der Waals surface area contributed by atoms with E-state index in [4.69, 9.17) is 27.5 Å². The van der Waals surface area contributed by atoms with Crippen LogP contribution in [0.2, 0.25) is 0 Å². The highest BCUT2D eigenvalue weighted by Crippen LogP contribution is 2.42. The Balaban J connectivity index is 1.70. The summed E-state index contributed by atoms with van der Waals surface area (Å²) in [5.74, 6) is 1.31. The van der Waals surface area contributed by atoms with Crippen LogP contribution in [-0.4, -0.2) is 19.4 Å². The molecule has 2 aromatic carbocycles. The molecule has 0 atom stereocenters. The summed E-state index contributed by atoms with van der Waals surface area (Å²) in [7, 11) is -2.71. The maximum Gasteiger partial charge on any atom is 0.231 e. The second-order valence-electron chi connectivity index (χ2n) is 7.18. The molecule has 28 heavy (non-hydrogen) atoms. The third-order valence-electron chi connectivity index (χ3n) is 4.84. The smallest absolute Gasteiger partial charge is 0.231 e. The predicted octanol–water partition coefficient (Wildman–Crippen LogP) is 4.38. The van der Waals surface area contributed by atoms with Crippen molar-refractivity contribution in [3.8, 4) is 34.1 Å². The van der Waals surface area contributed by atoms with Gasteiger partial charge in [-0.2, -0.15) is 0 Å². The summed E-state index contributed by atoms with van der Waals surface area (Å²) in [5.41, 5.74) is 0.640. The predicted molar refractivity (Wildman–Crippen MR) is 104 cm³/mol. The SMILES string of the molecule is [2H]C([2H])([2H])Oc1cc2c(cc1-c1coc3c4c(ccc3c1=O)OC(C)(C)C=C4)OCO2. The Morgan fingerprint density at radius 3 is 2.75 bits per heavy atom. The first-order valence-electron chi connectivity index (χ1n) is 10.2. The van der Waals surface area contributed by atoms with Crippen molar-refractivity contribution in [1.82, 2.24) is 0 Å². The molecule has 3 aromatic rings. The molecule has 0 fully saturated rings. The highest BCUT2D eigenvalue weighted by Gasteiger charge is 2.26. The van der Waals surface area contributed by atoms with Crippen LogP contribution < -0.4 is 24.4 Å². The van der Waals surface area contributed by atoms with Crippen molar-refractivity contribution in [2.45, 2.75) is 19.4 Å². The number of hydrogen-bond acceptors (Lipinski definition) is 6. The average Bonchev–Trinajstić information content (AvgIpc) is 3.13. The molecule has 142 valence electrons. The summed E-state index contributed by atoms with van der Waals surface area (Å²) in [6.07, 6.45) is 5.05. The molecule has 0 saturated heterocycles. The van der Waals surface area contributed by atoms with E-state index in [0.29, 0.717) is 33.8 Å². The topological polar surface area (TPSA) is 67.1 Å². The number of fused-ring (bicyclic) bond motifs is 4. The molecule has 1 aromatic heterocycles. The van der Waals surface area contributed by atoms with Gasteiger partial charge in [-0.3, -0.25) is 4.79 Å². The molecule has 2 aliphatic heterocycles. The van der Waals surface area contributed by atoms with Gasteiger partial charge in [0.2, 0.25) is 12.2 Å². The normalized spacial score (nSPS) is 18.0. The summed E-state index contributed by atoms with van der Waals surface area (Å²) in [4.78, 5) is 13.4. The monoisotopic (exact) mass is 381 g/mol. The van der Waals surface area contributed by atoms with Crippen LogP contribution in [0.1, 0.15) is 23.5 Å². The molecule has 0 amide bonds. The Kier molecular flexibility index (Phi) is 2.84. The van der Waals surface area contributed by atoms with Crippen LogP contribution in [0.15, 0.2) is 45.8 Å². The minimum absolute atomic E-state index is 0.00680. The lowest BCUT2D eigenvalue weighted by atomic mass is 9.99. The quantitative estimate of drug-likeness (QED) is 0.656. The van der Waals surface area contributed by atoms with Gasteiger partial charge in [-0.25, -0.2) is 0 Å². The molecule has 0 bridgehead atoms. The van der Waals surface area contributed by atoms with Gasteiger partial charge in [0.15, 0.2) is 11.5 Å². The maximum absolute atomic E-state index is 13.4. The molecular formula is C22H18O6. The zero-order valence-electron chi connectivity index (χ0n) is 18.2. The van der Waals surface area contributed by atoms with Gasteiger partial charge in [-0.1, -0.05) is 0 Å². The van der Waals surface area contributed by atoms with E-state index < -0.39 is 12.6 Å². The molecule has 0 spiro atoms. The van der Waals surface area contributed by atoms with Crippen molar-refractivity contribution in [1.29, 1.82) is 0 Å². The fourth-order valence-electron chi connectivity index (χ4n) is 3.46. The van der Waals surface area contributed by atoms with E-state index in [2.05, 4.69) is 0 Å². The van der Waals surface area contributed by atoms with Gasteiger partial charge in [-0.05, 0) is 44.2 Å². The zero-order valence-corrected chi connectivity index (χ0v) is 15.2. The van der Waals surface area contributed by atoms with Crippen LogP contribution in [0.3, 0.4) is 0 Å². The molecule has 0 aliphatic carbocycles. The first kappa shape index (κ1) is 13.7. The van der Waals surface area contributed by atoms with Crippen LogP contribution in [0.4, 0.5) is 0 Å². The molecule has 0 unspecified atom stereocenters. The van der Waals surface area contributed by atoms with Crippen molar-refractivity contribution < 1.29 is 27.5 Å². The number of ether oxygens (including phenoxy) is 4. The van der Waals surface area contributed by atoms with Crippen molar-refractivity contribution in [3.63, 3.8) is 0 Å². The summed E-state index contributed by atoms with van der Waals surface area (Å²) in [5, 5.41) is 0.335. The zero-order chi connectivity index (χ0) is 22.0. The van der Waals surface area contributed by atoms with Crippen LogP contribution in [0.25, 0.3) is 28.2 Å². The molecule has 0 N–H and O–H groups in total. The first-order chi connectivity index (χ1) is 14.6. The van der Waals surface area contributed by atoms with Gasteiger partial charge in [-0.15, -0.1) is 0 Å². The second kappa shape index (κ2) is 5.79.